The molecule has 1 aliphatic carbocycles. The molecule has 0 saturated heterocycles. The molecule has 0 bridgehead atoms. The Morgan fingerprint density at radius 1 is 1.27 bits per heavy atom. The van der Waals surface area contributed by atoms with E-state index in [-0.39, 0.29) is 11.7 Å². The van der Waals surface area contributed by atoms with E-state index in [1.54, 1.807) is 6.92 Å². The molecule has 0 radical (unpaired) electrons. The largest absolute Gasteiger partial charge is 0.344 e. The van der Waals surface area contributed by atoms with Crippen molar-refractivity contribution in [2.45, 2.75) is 64.3 Å². The van der Waals surface area contributed by atoms with Crippen LogP contribution in [0.4, 0.5) is 0 Å². The maximum Gasteiger partial charge on any atom is 0.220 e. The van der Waals surface area contributed by atoms with Crippen molar-refractivity contribution < 1.29 is 9.59 Å². The highest BCUT2D eigenvalue weighted by atomic mass is 16.2. The highest BCUT2D eigenvalue weighted by molar-refractivity contribution is 5.91. The maximum absolute atomic E-state index is 11.6. The summed E-state index contributed by atoms with van der Waals surface area (Å²) in [6, 6.07) is 0. The Hall–Kier alpha value is -0.860. The number of unbranched alkanes of at least 4 members (excludes halogenated alkanes) is 1. The lowest BCUT2D eigenvalue weighted by atomic mass is 9.92. The lowest BCUT2D eigenvalue weighted by molar-refractivity contribution is -0.130. The van der Waals surface area contributed by atoms with Crippen LogP contribution in [0, 0.1) is 0 Å². The van der Waals surface area contributed by atoms with Crippen LogP contribution in [0.25, 0.3) is 0 Å². The van der Waals surface area contributed by atoms with Crippen molar-refractivity contribution in [1.82, 2.24) is 5.32 Å². The molecule has 0 aromatic carbocycles. The Kier molecular flexibility index (Phi) is 4.30. The summed E-state index contributed by atoms with van der Waals surface area (Å²) in [4.78, 5) is 23.2. The second-order valence-corrected chi connectivity index (χ2v) is 4.50. The van der Waals surface area contributed by atoms with E-state index >= 15 is 0 Å². The lowest BCUT2D eigenvalue weighted by Gasteiger charge is -2.27. The summed E-state index contributed by atoms with van der Waals surface area (Å²) < 4.78 is 0. The molecule has 1 amide bonds. The number of carbonyl (C=O) groups excluding carboxylic acids is 2. The van der Waals surface area contributed by atoms with Gasteiger partial charge in [0.2, 0.25) is 5.91 Å². The van der Waals surface area contributed by atoms with Crippen LogP contribution in [0.5, 0.6) is 0 Å². The molecule has 1 fully saturated rings. The molecule has 1 rings (SSSR count). The quantitative estimate of drug-likeness (QED) is 0.757. The molecule has 3 nitrogen and oxygen atoms in total. The fourth-order valence-electron chi connectivity index (χ4n) is 2.21. The van der Waals surface area contributed by atoms with E-state index in [0.717, 1.165) is 38.5 Å². The summed E-state index contributed by atoms with van der Waals surface area (Å²) in [5.74, 6) is 0.152. The van der Waals surface area contributed by atoms with Crippen LogP contribution in [0.15, 0.2) is 0 Å². The van der Waals surface area contributed by atoms with Gasteiger partial charge in [-0.05, 0) is 26.2 Å². The average molecular weight is 211 g/mol. The van der Waals surface area contributed by atoms with E-state index in [9.17, 15) is 9.59 Å². The number of Topliss-reactive ketones (excluding diaryl/α,β-unsaturated/α-hetero) is 1. The van der Waals surface area contributed by atoms with E-state index in [1.807, 2.05) is 0 Å². The number of ketones is 1. The van der Waals surface area contributed by atoms with E-state index < -0.39 is 5.54 Å². The Morgan fingerprint density at radius 3 is 2.33 bits per heavy atom. The fourth-order valence-corrected chi connectivity index (χ4v) is 2.21. The number of hydrogen-bond donors (Lipinski definition) is 1. The van der Waals surface area contributed by atoms with Gasteiger partial charge in [0.15, 0.2) is 5.78 Å². The van der Waals surface area contributed by atoms with Crippen molar-refractivity contribution in [3.05, 3.63) is 0 Å². The summed E-state index contributed by atoms with van der Waals surface area (Å²) in [7, 11) is 0. The molecule has 0 heterocycles. The van der Waals surface area contributed by atoms with Crippen molar-refractivity contribution in [3.63, 3.8) is 0 Å². The second kappa shape index (κ2) is 5.29. The minimum atomic E-state index is -0.523. The number of rotatable bonds is 5. The molecule has 15 heavy (non-hydrogen) atoms. The van der Waals surface area contributed by atoms with Crippen molar-refractivity contribution in [2.75, 3.05) is 0 Å². The van der Waals surface area contributed by atoms with Crippen molar-refractivity contribution in [3.8, 4) is 0 Å². The second-order valence-electron chi connectivity index (χ2n) is 4.50. The van der Waals surface area contributed by atoms with Gasteiger partial charge in [0.25, 0.3) is 0 Å². The molecule has 0 unspecified atom stereocenters. The zero-order valence-corrected chi connectivity index (χ0v) is 9.77. The van der Waals surface area contributed by atoms with Gasteiger partial charge in [0, 0.05) is 6.42 Å². The monoisotopic (exact) mass is 211 g/mol. The SMILES string of the molecule is CCCCC(=O)NC1(C(C)=O)CCCC1. The summed E-state index contributed by atoms with van der Waals surface area (Å²) in [5, 5.41) is 2.94. The van der Waals surface area contributed by atoms with Crippen LogP contribution in [0.3, 0.4) is 0 Å². The zero-order chi connectivity index (χ0) is 11.3. The smallest absolute Gasteiger partial charge is 0.220 e. The summed E-state index contributed by atoms with van der Waals surface area (Å²) in [5.41, 5.74) is -0.523. The third-order valence-electron chi connectivity index (χ3n) is 3.27. The molecule has 1 saturated carbocycles. The molecule has 86 valence electrons. The predicted octanol–water partition coefficient (Wildman–Crippen LogP) is 2.19. The zero-order valence-electron chi connectivity index (χ0n) is 9.77. The van der Waals surface area contributed by atoms with E-state index in [0.29, 0.717) is 6.42 Å². The molecule has 0 aromatic rings. The first-order chi connectivity index (χ1) is 7.10. The lowest BCUT2D eigenvalue weighted by Crippen LogP contribution is -2.51. The summed E-state index contributed by atoms with van der Waals surface area (Å²) in [6.45, 7) is 3.65. The number of carbonyl (C=O) groups is 2. The van der Waals surface area contributed by atoms with Gasteiger partial charge < -0.3 is 5.32 Å². The Labute approximate surface area is 91.6 Å². The Balaban J connectivity index is 2.52. The molecular weight excluding hydrogens is 190 g/mol. The van der Waals surface area contributed by atoms with Gasteiger partial charge in [-0.3, -0.25) is 9.59 Å². The van der Waals surface area contributed by atoms with E-state index in [4.69, 9.17) is 0 Å². The van der Waals surface area contributed by atoms with Crippen molar-refractivity contribution in [1.29, 1.82) is 0 Å². The highest BCUT2D eigenvalue weighted by Crippen LogP contribution is 2.30. The minimum absolute atomic E-state index is 0.0361. The third kappa shape index (κ3) is 3.05. The topological polar surface area (TPSA) is 46.2 Å². The summed E-state index contributed by atoms with van der Waals surface area (Å²) in [6.07, 6.45) is 6.20. The van der Waals surface area contributed by atoms with E-state index in [2.05, 4.69) is 12.2 Å². The third-order valence-corrected chi connectivity index (χ3v) is 3.27. The summed E-state index contributed by atoms with van der Waals surface area (Å²) >= 11 is 0. The van der Waals surface area contributed by atoms with Gasteiger partial charge in [-0.15, -0.1) is 0 Å². The van der Waals surface area contributed by atoms with Crippen molar-refractivity contribution >= 4 is 11.7 Å². The molecule has 0 aromatic heterocycles. The average Bonchev–Trinajstić information content (AvgIpc) is 2.64. The minimum Gasteiger partial charge on any atom is -0.344 e. The van der Waals surface area contributed by atoms with Crippen LogP contribution in [0.1, 0.15) is 58.8 Å². The molecule has 1 N–H and O–H groups in total. The first kappa shape index (κ1) is 12.2. The van der Waals surface area contributed by atoms with Gasteiger partial charge in [-0.2, -0.15) is 0 Å². The van der Waals surface area contributed by atoms with Crippen molar-refractivity contribution in [2.24, 2.45) is 0 Å². The van der Waals surface area contributed by atoms with Crippen LogP contribution in [-0.4, -0.2) is 17.2 Å². The molecule has 1 aliphatic rings. The molecule has 0 atom stereocenters. The van der Waals surface area contributed by atoms with Gasteiger partial charge >= 0.3 is 0 Å². The maximum atomic E-state index is 11.6. The number of hydrogen-bond acceptors (Lipinski definition) is 2. The molecular formula is C12H21NO2. The molecule has 0 spiro atoms. The Bertz CT molecular complexity index is 242. The van der Waals surface area contributed by atoms with Crippen LogP contribution in [-0.2, 0) is 9.59 Å². The first-order valence-electron chi connectivity index (χ1n) is 5.93. The Morgan fingerprint density at radius 2 is 1.87 bits per heavy atom. The molecule has 3 heteroatoms. The number of amides is 1. The van der Waals surface area contributed by atoms with Crippen LogP contribution < -0.4 is 5.32 Å². The van der Waals surface area contributed by atoms with Crippen LogP contribution >= 0.6 is 0 Å². The first-order valence-corrected chi connectivity index (χ1v) is 5.93. The normalized spacial score (nSPS) is 18.8. The predicted molar refractivity (Wildman–Crippen MR) is 59.5 cm³/mol. The van der Waals surface area contributed by atoms with Crippen LogP contribution in [0.2, 0.25) is 0 Å². The van der Waals surface area contributed by atoms with Gasteiger partial charge in [0.05, 0.1) is 5.54 Å². The fraction of sp³-hybridized carbons (Fsp3) is 0.833. The highest BCUT2D eigenvalue weighted by Gasteiger charge is 2.39. The molecule has 0 aliphatic heterocycles. The number of nitrogens with one attached hydrogen (secondary N) is 1. The van der Waals surface area contributed by atoms with Gasteiger partial charge in [-0.25, -0.2) is 0 Å². The van der Waals surface area contributed by atoms with Gasteiger partial charge in [-0.1, -0.05) is 26.2 Å². The van der Waals surface area contributed by atoms with Gasteiger partial charge in [0.1, 0.15) is 0 Å². The van der Waals surface area contributed by atoms with E-state index in [1.165, 1.54) is 0 Å². The standard InChI is InChI=1S/C12H21NO2/c1-3-4-7-11(15)13-12(10(2)14)8-5-6-9-12/h3-9H2,1-2H3,(H,13,15).